The first-order chi connectivity index (χ1) is 11.4. The summed E-state index contributed by atoms with van der Waals surface area (Å²) in [5.41, 5.74) is 4.80. The van der Waals surface area contributed by atoms with Crippen LogP contribution in [-0.4, -0.2) is 56.0 Å². The van der Waals surface area contributed by atoms with E-state index in [1.807, 2.05) is 0 Å². The number of alkyl halides is 3. The molecule has 1 aliphatic carbocycles. The van der Waals surface area contributed by atoms with Gasteiger partial charge in [-0.05, 0) is 38.0 Å². The van der Waals surface area contributed by atoms with Crippen molar-refractivity contribution in [3.05, 3.63) is 0 Å². The first-order valence-electron chi connectivity index (χ1n) is 8.76. The summed E-state index contributed by atoms with van der Waals surface area (Å²) < 4.78 is 45.8. The van der Waals surface area contributed by atoms with Crippen LogP contribution in [0.3, 0.4) is 0 Å². The van der Waals surface area contributed by atoms with E-state index < -0.39 is 17.5 Å². The molecule has 0 radical (unpaired) electrons. The van der Waals surface area contributed by atoms with Crippen molar-refractivity contribution in [2.45, 2.75) is 44.3 Å². The van der Waals surface area contributed by atoms with E-state index in [0.29, 0.717) is 38.5 Å². The second-order valence-corrected chi connectivity index (χ2v) is 7.41. The van der Waals surface area contributed by atoms with Crippen molar-refractivity contribution in [1.82, 2.24) is 10.2 Å². The number of hydrogen-bond acceptors (Lipinski definition) is 3. The molecule has 1 saturated carbocycles. The van der Waals surface area contributed by atoms with Crippen LogP contribution in [0.1, 0.15) is 32.1 Å². The minimum Gasteiger partial charge on any atom is -0.381 e. The van der Waals surface area contributed by atoms with Gasteiger partial charge in [0.25, 0.3) is 0 Å². The molecule has 2 saturated heterocycles. The maximum atomic E-state index is 13.5. The van der Waals surface area contributed by atoms with Crippen molar-refractivity contribution in [3.8, 4) is 0 Å². The van der Waals surface area contributed by atoms with E-state index in [4.69, 9.17) is 10.5 Å². The molecule has 8 heteroatoms. The number of amides is 2. The molecule has 2 unspecified atom stereocenters. The van der Waals surface area contributed by atoms with Gasteiger partial charge in [0, 0.05) is 44.3 Å². The molecule has 0 bridgehead atoms. The number of nitrogens with one attached hydrogen (secondary N) is 1. The average molecular weight is 349 g/mol. The maximum absolute atomic E-state index is 13.5. The van der Waals surface area contributed by atoms with E-state index in [1.54, 1.807) is 4.90 Å². The zero-order valence-electron chi connectivity index (χ0n) is 13.8. The SMILES string of the molecule is NCC(NC(=O)N1CCC(C(F)(F)F)C2(CCOCC2)C1)C1CC1. The standard InChI is InChI=1S/C16H26F3N3O2/c17-16(18,19)13-3-6-22(10-15(13)4-7-24-8-5-15)14(23)21-12(9-20)11-1-2-11/h11-13H,1-10,20H2,(H,21,23). The molecule has 2 amide bonds. The Bertz CT molecular complexity index is 462. The van der Waals surface area contributed by atoms with Crippen molar-refractivity contribution in [2.75, 3.05) is 32.8 Å². The summed E-state index contributed by atoms with van der Waals surface area (Å²) >= 11 is 0. The molecule has 2 heterocycles. The highest BCUT2D eigenvalue weighted by atomic mass is 19.4. The van der Waals surface area contributed by atoms with E-state index in [-0.39, 0.29) is 31.6 Å². The molecule has 5 nitrogen and oxygen atoms in total. The summed E-state index contributed by atoms with van der Waals surface area (Å²) in [5, 5.41) is 2.92. The fourth-order valence-electron chi connectivity index (χ4n) is 4.25. The monoisotopic (exact) mass is 349 g/mol. The van der Waals surface area contributed by atoms with Gasteiger partial charge in [0.15, 0.2) is 0 Å². The number of hydrogen-bond donors (Lipinski definition) is 2. The molecule has 24 heavy (non-hydrogen) atoms. The minimum atomic E-state index is -4.23. The van der Waals surface area contributed by atoms with Crippen molar-refractivity contribution in [1.29, 1.82) is 0 Å². The zero-order chi connectivity index (χ0) is 17.4. The van der Waals surface area contributed by atoms with Crippen molar-refractivity contribution < 1.29 is 22.7 Å². The molecule has 3 rings (SSSR count). The smallest absolute Gasteiger partial charge is 0.381 e. The van der Waals surface area contributed by atoms with Gasteiger partial charge in [0.05, 0.1) is 5.92 Å². The minimum absolute atomic E-state index is 0.0341. The molecular formula is C16H26F3N3O2. The van der Waals surface area contributed by atoms with E-state index in [1.165, 1.54) is 0 Å². The third-order valence-electron chi connectivity index (χ3n) is 5.86. The normalized spacial score (nSPS) is 28.7. The topological polar surface area (TPSA) is 67.6 Å². The van der Waals surface area contributed by atoms with Crippen LogP contribution in [0.15, 0.2) is 0 Å². The first kappa shape index (κ1) is 17.8. The van der Waals surface area contributed by atoms with Gasteiger partial charge in [-0.25, -0.2) is 4.79 Å². The number of ether oxygens (including phenoxy) is 1. The van der Waals surface area contributed by atoms with Gasteiger partial charge < -0.3 is 20.7 Å². The van der Waals surface area contributed by atoms with Gasteiger partial charge in [0.1, 0.15) is 0 Å². The fourth-order valence-corrected chi connectivity index (χ4v) is 4.25. The Morgan fingerprint density at radius 3 is 2.50 bits per heavy atom. The van der Waals surface area contributed by atoms with Crippen LogP contribution in [0, 0.1) is 17.3 Å². The summed E-state index contributed by atoms with van der Waals surface area (Å²) in [6, 6.07) is -0.340. The third-order valence-corrected chi connectivity index (χ3v) is 5.86. The first-order valence-corrected chi connectivity index (χ1v) is 8.76. The van der Waals surface area contributed by atoms with Gasteiger partial charge in [-0.15, -0.1) is 0 Å². The van der Waals surface area contributed by atoms with Gasteiger partial charge in [-0.3, -0.25) is 0 Å². The Morgan fingerprint density at radius 2 is 1.96 bits per heavy atom. The highest BCUT2D eigenvalue weighted by Gasteiger charge is 2.56. The summed E-state index contributed by atoms with van der Waals surface area (Å²) in [5.74, 6) is -0.935. The molecule has 3 aliphatic rings. The van der Waals surface area contributed by atoms with Crippen LogP contribution < -0.4 is 11.1 Å². The van der Waals surface area contributed by atoms with E-state index in [0.717, 1.165) is 12.8 Å². The second kappa shape index (κ2) is 6.71. The lowest BCUT2D eigenvalue weighted by Crippen LogP contribution is -2.59. The number of nitrogens with two attached hydrogens (primary N) is 1. The van der Waals surface area contributed by atoms with Crippen LogP contribution in [0.4, 0.5) is 18.0 Å². The quantitative estimate of drug-likeness (QED) is 0.820. The molecular weight excluding hydrogens is 323 g/mol. The number of urea groups is 1. The van der Waals surface area contributed by atoms with E-state index in [2.05, 4.69) is 5.32 Å². The fraction of sp³-hybridized carbons (Fsp3) is 0.938. The lowest BCUT2D eigenvalue weighted by atomic mass is 9.66. The number of carbonyl (C=O) groups is 1. The Labute approximate surface area is 140 Å². The summed E-state index contributed by atoms with van der Waals surface area (Å²) in [6.07, 6.45) is -1.45. The summed E-state index contributed by atoms with van der Waals surface area (Å²) in [4.78, 5) is 14.1. The van der Waals surface area contributed by atoms with Gasteiger partial charge in [-0.2, -0.15) is 13.2 Å². The third kappa shape index (κ3) is 3.64. The summed E-state index contributed by atoms with van der Waals surface area (Å²) in [7, 11) is 0. The number of rotatable bonds is 3. The molecule has 0 aromatic carbocycles. The van der Waals surface area contributed by atoms with Crippen LogP contribution >= 0.6 is 0 Å². The molecule has 2 atom stereocenters. The predicted molar refractivity (Wildman–Crippen MR) is 82.3 cm³/mol. The largest absolute Gasteiger partial charge is 0.392 e. The van der Waals surface area contributed by atoms with Crippen molar-refractivity contribution >= 4 is 6.03 Å². The number of halogens is 3. The Hall–Kier alpha value is -1.02. The van der Waals surface area contributed by atoms with Gasteiger partial charge >= 0.3 is 12.2 Å². The van der Waals surface area contributed by atoms with Crippen molar-refractivity contribution in [3.63, 3.8) is 0 Å². The number of piperidine rings is 1. The van der Waals surface area contributed by atoms with E-state index in [9.17, 15) is 18.0 Å². The molecule has 1 spiro atoms. The number of carbonyl (C=O) groups excluding carboxylic acids is 1. The molecule has 2 aliphatic heterocycles. The highest BCUT2D eigenvalue weighted by molar-refractivity contribution is 5.74. The molecule has 0 aromatic rings. The highest BCUT2D eigenvalue weighted by Crippen LogP contribution is 2.50. The molecule has 138 valence electrons. The van der Waals surface area contributed by atoms with E-state index >= 15 is 0 Å². The molecule has 0 aromatic heterocycles. The van der Waals surface area contributed by atoms with Gasteiger partial charge in [-0.1, -0.05) is 0 Å². The second-order valence-electron chi connectivity index (χ2n) is 7.41. The van der Waals surface area contributed by atoms with Crippen molar-refractivity contribution in [2.24, 2.45) is 23.0 Å². The zero-order valence-corrected chi connectivity index (χ0v) is 13.8. The Kier molecular flexibility index (Phi) is 4.97. The van der Waals surface area contributed by atoms with Crippen LogP contribution in [-0.2, 0) is 4.74 Å². The Balaban J connectivity index is 1.69. The number of likely N-dealkylation sites (tertiary alicyclic amines) is 1. The average Bonchev–Trinajstić information content (AvgIpc) is 3.36. The molecule has 3 N–H and O–H groups in total. The van der Waals surface area contributed by atoms with Crippen LogP contribution in [0.5, 0.6) is 0 Å². The van der Waals surface area contributed by atoms with Gasteiger partial charge in [0.2, 0.25) is 0 Å². The summed E-state index contributed by atoms with van der Waals surface area (Å²) in [6.45, 7) is 1.31. The van der Waals surface area contributed by atoms with Crippen LogP contribution in [0.2, 0.25) is 0 Å². The molecule has 3 fully saturated rings. The predicted octanol–water partition coefficient (Wildman–Crippen LogP) is 2.11. The Morgan fingerprint density at radius 1 is 1.29 bits per heavy atom. The number of nitrogens with zero attached hydrogens (tertiary/aromatic N) is 1. The van der Waals surface area contributed by atoms with Crippen LogP contribution in [0.25, 0.3) is 0 Å². The lowest BCUT2D eigenvalue weighted by molar-refractivity contribution is -0.232. The maximum Gasteiger partial charge on any atom is 0.392 e. The lowest BCUT2D eigenvalue weighted by Gasteiger charge is -2.50.